The molecule has 168 valence electrons. The standard InChI is InChI=1S/C18H10ClF6N5O2/c19-11-6-5-9(17(20,21)22)7-13(11)29-16-14(30(31)32)15(26-8-27-16)28-12-4-2-1-3-10(12)18(23,24)25/h1-8H,(H2,26,27,28,29). The van der Waals surface area contributed by atoms with Crippen LogP contribution in [0.4, 0.5) is 55.0 Å². The van der Waals surface area contributed by atoms with Gasteiger partial charge in [-0.2, -0.15) is 26.3 Å². The number of benzene rings is 2. The van der Waals surface area contributed by atoms with Crippen LogP contribution in [0.1, 0.15) is 11.1 Å². The predicted octanol–water partition coefficient (Wildman–Crippen LogP) is 6.56. The van der Waals surface area contributed by atoms with Gasteiger partial charge in [0, 0.05) is 0 Å². The summed E-state index contributed by atoms with van der Waals surface area (Å²) >= 11 is 5.88. The van der Waals surface area contributed by atoms with E-state index in [1.807, 2.05) is 0 Å². The number of para-hydroxylation sites is 1. The van der Waals surface area contributed by atoms with Gasteiger partial charge in [0.2, 0.25) is 11.6 Å². The van der Waals surface area contributed by atoms with Crippen LogP contribution in [0.15, 0.2) is 48.8 Å². The zero-order valence-electron chi connectivity index (χ0n) is 15.4. The lowest BCUT2D eigenvalue weighted by Gasteiger charge is -2.15. The van der Waals surface area contributed by atoms with Gasteiger partial charge >= 0.3 is 18.0 Å². The maximum absolute atomic E-state index is 13.2. The van der Waals surface area contributed by atoms with Crippen molar-refractivity contribution in [3.63, 3.8) is 0 Å². The van der Waals surface area contributed by atoms with Crippen molar-refractivity contribution < 1.29 is 31.3 Å². The van der Waals surface area contributed by atoms with Crippen molar-refractivity contribution in [2.24, 2.45) is 0 Å². The van der Waals surface area contributed by atoms with Gasteiger partial charge in [0.05, 0.1) is 32.4 Å². The number of halogens is 7. The van der Waals surface area contributed by atoms with Crippen LogP contribution in [0, 0.1) is 10.1 Å². The first-order valence-electron chi connectivity index (χ1n) is 8.44. The molecule has 0 bridgehead atoms. The van der Waals surface area contributed by atoms with Crippen LogP contribution in [0.5, 0.6) is 0 Å². The molecule has 2 aromatic carbocycles. The Labute approximate surface area is 180 Å². The van der Waals surface area contributed by atoms with Crippen molar-refractivity contribution in [3.8, 4) is 0 Å². The smallest absolute Gasteiger partial charge is 0.334 e. The maximum Gasteiger partial charge on any atom is 0.418 e. The van der Waals surface area contributed by atoms with Crippen LogP contribution in [-0.2, 0) is 12.4 Å². The number of anilines is 4. The fraction of sp³-hybridized carbons (Fsp3) is 0.111. The third kappa shape index (κ3) is 4.99. The topological polar surface area (TPSA) is 93.0 Å². The largest absolute Gasteiger partial charge is 0.418 e. The SMILES string of the molecule is O=[N+]([O-])c1c(Nc2cc(C(F)(F)F)ccc2Cl)ncnc1Nc1ccccc1C(F)(F)F. The van der Waals surface area contributed by atoms with Gasteiger partial charge in [0.1, 0.15) is 6.33 Å². The third-order valence-electron chi connectivity index (χ3n) is 4.04. The summed E-state index contributed by atoms with van der Waals surface area (Å²) < 4.78 is 78.6. The highest BCUT2D eigenvalue weighted by Crippen LogP contribution is 2.40. The number of nitro groups is 1. The van der Waals surface area contributed by atoms with Gasteiger partial charge < -0.3 is 10.6 Å². The number of alkyl halides is 6. The molecule has 1 heterocycles. The number of nitrogens with zero attached hydrogens (tertiary/aromatic N) is 3. The first-order chi connectivity index (χ1) is 14.9. The van der Waals surface area contributed by atoms with Gasteiger partial charge in [-0.1, -0.05) is 23.7 Å². The normalized spacial score (nSPS) is 11.8. The average Bonchev–Trinajstić information content (AvgIpc) is 2.68. The van der Waals surface area contributed by atoms with E-state index < -0.39 is 51.4 Å². The van der Waals surface area contributed by atoms with E-state index in [-0.39, 0.29) is 10.7 Å². The second-order valence-electron chi connectivity index (χ2n) is 6.16. The molecule has 0 saturated heterocycles. The number of rotatable bonds is 5. The number of hydrogen-bond acceptors (Lipinski definition) is 6. The third-order valence-corrected chi connectivity index (χ3v) is 4.37. The minimum Gasteiger partial charge on any atom is -0.334 e. The molecule has 0 saturated carbocycles. The Hall–Kier alpha value is -3.61. The molecule has 32 heavy (non-hydrogen) atoms. The van der Waals surface area contributed by atoms with Crippen LogP contribution in [0.3, 0.4) is 0 Å². The quantitative estimate of drug-likeness (QED) is 0.245. The molecular weight excluding hydrogens is 468 g/mol. The molecule has 7 nitrogen and oxygen atoms in total. The van der Waals surface area contributed by atoms with Gasteiger partial charge in [-0.15, -0.1) is 0 Å². The molecule has 1 aromatic heterocycles. The molecule has 3 rings (SSSR count). The van der Waals surface area contributed by atoms with E-state index in [0.717, 1.165) is 30.6 Å². The first-order valence-corrected chi connectivity index (χ1v) is 8.82. The summed E-state index contributed by atoms with van der Waals surface area (Å²) in [6.45, 7) is 0. The predicted molar refractivity (Wildman–Crippen MR) is 103 cm³/mol. The Balaban J connectivity index is 2.05. The fourth-order valence-corrected chi connectivity index (χ4v) is 2.79. The van der Waals surface area contributed by atoms with E-state index in [1.54, 1.807) is 0 Å². The summed E-state index contributed by atoms with van der Waals surface area (Å²) in [5.41, 5.74) is -3.98. The highest BCUT2D eigenvalue weighted by Gasteiger charge is 2.35. The lowest BCUT2D eigenvalue weighted by Crippen LogP contribution is -2.11. The summed E-state index contributed by atoms with van der Waals surface area (Å²) in [6.07, 6.45) is -8.69. The van der Waals surface area contributed by atoms with E-state index in [4.69, 9.17) is 11.6 Å². The Morgan fingerprint density at radius 3 is 2.03 bits per heavy atom. The maximum atomic E-state index is 13.2. The van der Waals surface area contributed by atoms with Gasteiger partial charge in [-0.25, -0.2) is 9.97 Å². The molecule has 14 heteroatoms. The lowest BCUT2D eigenvalue weighted by molar-refractivity contribution is -0.383. The van der Waals surface area contributed by atoms with Gasteiger partial charge in [0.25, 0.3) is 0 Å². The van der Waals surface area contributed by atoms with Gasteiger partial charge in [0.15, 0.2) is 0 Å². The van der Waals surface area contributed by atoms with Crippen LogP contribution >= 0.6 is 11.6 Å². The monoisotopic (exact) mass is 477 g/mol. The first kappa shape index (κ1) is 23.1. The number of hydrogen-bond donors (Lipinski definition) is 2. The molecule has 2 N–H and O–H groups in total. The summed E-state index contributed by atoms with van der Waals surface area (Å²) in [6, 6.07) is 6.45. The van der Waals surface area contributed by atoms with E-state index in [1.165, 1.54) is 6.07 Å². The Morgan fingerprint density at radius 1 is 0.875 bits per heavy atom. The summed E-state index contributed by atoms with van der Waals surface area (Å²) in [5, 5.41) is 16.0. The lowest BCUT2D eigenvalue weighted by atomic mass is 10.1. The molecule has 0 atom stereocenters. The van der Waals surface area contributed by atoms with Crippen LogP contribution in [0.2, 0.25) is 5.02 Å². The molecule has 0 radical (unpaired) electrons. The van der Waals surface area contributed by atoms with Crippen molar-refractivity contribution in [1.29, 1.82) is 0 Å². The Bertz CT molecular complexity index is 1170. The van der Waals surface area contributed by atoms with E-state index in [2.05, 4.69) is 20.6 Å². The highest BCUT2D eigenvalue weighted by molar-refractivity contribution is 6.33. The fourth-order valence-electron chi connectivity index (χ4n) is 2.63. The van der Waals surface area contributed by atoms with Crippen LogP contribution < -0.4 is 10.6 Å². The molecule has 0 unspecified atom stereocenters. The van der Waals surface area contributed by atoms with Crippen molar-refractivity contribution >= 4 is 40.3 Å². The molecule has 0 spiro atoms. The highest BCUT2D eigenvalue weighted by atomic mass is 35.5. The minimum absolute atomic E-state index is 0.206. The van der Waals surface area contributed by atoms with E-state index in [0.29, 0.717) is 12.1 Å². The van der Waals surface area contributed by atoms with Gasteiger partial charge in [-0.3, -0.25) is 10.1 Å². The number of nitrogens with one attached hydrogen (secondary N) is 2. The molecule has 0 fully saturated rings. The van der Waals surface area contributed by atoms with Gasteiger partial charge in [-0.05, 0) is 30.3 Å². The van der Waals surface area contributed by atoms with Crippen LogP contribution in [0.25, 0.3) is 0 Å². The molecule has 0 aliphatic rings. The Morgan fingerprint density at radius 2 is 1.47 bits per heavy atom. The van der Waals surface area contributed by atoms with Crippen molar-refractivity contribution in [1.82, 2.24) is 9.97 Å². The molecular formula is C18H10ClF6N5O2. The number of aromatic nitrogens is 2. The molecule has 0 amide bonds. The summed E-state index contributed by atoms with van der Waals surface area (Å²) in [4.78, 5) is 17.9. The summed E-state index contributed by atoms with van der Waals surface area (Å²) in [5.74, 6) is -1.20. The van der Waals surface area contributed by atoms with Crippen molar-refractivity contribution in [2.45, 2.75) is 12.4 Å². The molecule has 0 aliphatic heterocycles. The van der Waals surface area contributed by atoms with E-state index in [9.17, 15) is 36.5 Å². The molecule has 3 aromatic rings. The Kier molecular flexibility index (Phi) is 6.12. The van der Waals surface area contributed by atoms with Crippen molar-refractivity contribution in [2.75, 3.05) is 10.6 Å². The van der Waals surface area contributed by atoms with E-state index >= 15 is 0 Å². The second-order valence-corrected chi connectivity index (χ2v) is 6.57. The average molecular weight is 478 g/mol. The van der Waals surface area contributed by atoms with Crippen molar-refractivity contribution in [3.05, 3.63) is 75.1 Å². The zero-order valence-corrected chi connectivity index (χ0v) is 16.2. The molecule has 0 aliphatic carbocycles. The minimum atomic E-state index is -4.77. The zero-order chi connectivity index (χ0) is 23.7. The second kappa shape index (κ2) is 8.49. The van der Waals surface area contributed by atoms with Crippen LogP contribution in [-0.4, -0.2) is 14.9 Å². The summed E-state index contributed by atoms with van der Waals surface area (Å²) in [7, 11) is 0.